The number of nitrogens with one attached hydrogen (secondary N) is 1. The molecule has 0 heterocycles. The van der Waals surface area contributed by atoms with Gasteiger partial charge in [-0.05, 0) is 44.2 Å². The molecule has 0 aromatic heterocycles. The highest BCUT2D eigenvalue weighted by atomic mass is 16.5. The van der Waals surface area contributed by atoms with E-state index in [1.165, 1.54) is 0 Å². The summed E-state index contributed by atoms with van der Waals surface area (Å²) in [7, 11) is 1.64. The van der Waals surface area contributed by atoms with Crippen LogP contribution in [0.3, 0.4) is 0 Å². The number of carbonyl (C=O) groups is 1. The number of para-hydroxylation sites is 1. The molecule has 0 atom stereocenters. The predicted molar refractivity (Wildman–Crippen MR) is 91.0 cm³/mol. The van der Waals surface area contributed by atoms with E-state index in [2.05, 4.69) is 24.1 Å². The highest BCUT2D eigenvalue weighted by Crippen LogP contribution is 2.29. The second-order valence-corrected chi connectivity index (χ2v) is 4.88. The number of hydrogen-bond donors (Lipinski definition) is 1. The number of anilines is 2. The molecule has 1 amide bonds. The zero-order valence-corrected chi connectivity index (χ0v) is 13.3. The summed E-state index contributed by atoms with van der Waals surface area (Å²) in [6, 6.07) is 14.9. The Balaban J connectivity index is 2.27. The molecule has 0 unspecified atom stereocenters. The van der Waals surface area contributed by atoms with Gasteiger partial charge in [-0.1, -0.05) is 18.2 Å². The Hall–Kier alpha value is -2.49. The van der Waals surface area contributed by atoms with Crippen LogP contribution in [0.2, 0.25) is 0 Å². The molecule has 0 spiro atoms. The van der Waals surface area contributed by atoms with Crippen LogP contribution in [0.1, 0.15) is 24.2 Å². The summed E-state index contributed by atoms with van der Waals surface area (Å²) in [5.74, 6) is 0.655. The lowest BCUT2D eigenvalue weighted by Crippen LogP contribution is -2.23. The molecule has 2 rings (SSSR count). The minimum Gasteiger partial charge on any atom is -0.495 e. The Kier molecular flexibility index (Phi) is 5.42. The summed E-state index contributed by atoms with van der Waals surface area (Å²) < 4.78 is 5.41. The molecule has 0 saturated carbocycles. The Morgan fingerprint density at radius 1 is 1.09 bits per heavy atom. The smallest absolute Gasteiger partial charge is 0.255 e. The quantitative estimate of drug-likeness (QED) is 0.882. The zero-order chi connectivity index (χ0) is 15.9. The van der Waals surface area contributed by atoms with Crippen molar-refractivity contribution in [1.29, 1.82) is 0 Å². The highest BCUT2D eigenvalue weighted by molar-refractivity contribution is 6.05. The van der Waals surface area contributed by atoms with E-state index < -0.39 is 0 Å². The first-order chi connectivity index (χ1) is 10.7. The number of methoxy groups -OCH3 is 1. The lowest BCUT2D eigenvalue weighted by Gasteiger charge is -2.24. The lowest BCUT2D eigenvalue weighted by atomic mass is 10.1. The molecular formula is C18H22N2O2. The summed E-state index contributed by atoms with van der Waals surface area (Å²) in [6.45, 7) is 5.88. The first-order valence-corrected chi connectivity index (χ1v) is 7.49. The van der Waals surface area contributed by atoms with Crippen molar-refractivity contribution in [1.82, 2.24) is 0 Å². The maximum atomic E-state index is 12.4. The van der Waals surface area contributed by atoms with Crippen molar-refractivity contribution in [2.75, 3.05) is 30.4 Å². The fraction of sp³-hybridized carbons (Fsp3) is 0.278. The molecule has 116 valence electrons. The largest absolute Gasteiger partial charge is 0.495 e. The summed E-state index contributed by atoms with van der Waals surface area (Å²) in [5.41, 5.74) is 2.34. The summed E-state index contributed by atoms with van der Waals surface area (Å²) in [6.07, 6.45) is 0. The SMILES string of the molecule is CCN(CC)c1cc(C(=O)Nc2ccccc2)ccc1OC. The lowest BCUT2D eigenvalue weighted by molar-refractivity contribution is 0.102. The minimum atomic E-state index is -0.123. The first-order valence-electron chi connectivity index (χ1n) is 7.49. The summed E-state index contributed by atoms with van der Waals surface area (Å²) in [4.78, 5) is 14.6. The van der Waals surface area contributed by atoms with Gasteiger partial charge in [-0.25, -0.2) is 0 Å². The van der Waals surface area contributed by atoms with Gasteiger partial charge in [0.1, 0.15) is 5.75 Å². The van der Waals surface area contributed by atoms with Gasteiger partial charge in [0, 0.05) is 24.3 Å². The van der Waals surface area contributed by atoms with Crippen molar-refractivity contribution in [3.63, 3.8) is 0 Å². The topological polar surface area (TPSA) is 41.6 Å². The number of nitrogens with zero attached hydrogens (tertiary/aromatic N) is 1. The molecule has 1 N–H and O–H groups in total. The number of rotatable bonds is 6. The molecule has 0 radical (unpaired) electrons. The van der Waals surface area contributed by atoms with Crippen LogP contribution in [-0.2, 0) is 0 Å². The van der Waals surface area contributed by atoms with Crippen LogP contribution in [0.15, 0.2) is 48.5 Å². The average Bonchev–Trinajstić information content (AvgIpc) is 2.56. The van der Waals surface area contributed by atoms with Gasteiger partial charge in [0.2, 0.25) is 0 Å². The van der Waals surface area contributed by atoms with Gasteiger partial charge in [0.15, 0.2) is 0 Å². The van der Waals surface area contributed by atoms with E-state index in [4.69, 9.17) is 4.74 Å². The first kappa shape index (κ1) is 15.9. The van der Waals surface area contributed by atoms with E-state index in [1.807, 2.05) is 42.5 Å². The number of amides is 1. The van der Waals surface area contributed by atoms with Gasteiger partial charge in [-0.15, -0.1) is 0 Å². The monoisotopic (exact) mass is 298 g/mol. The summed E-state index contributed by atoms with van der Waals surface area (Å²) in [5, 5.41) is 2.90. The molecule has 2 aromatic rings. The molecule has 0 aliphatic rings. The van der Waals surface area contributed by atoms with Crippen LogP contribution >= 0.6 is 0 Å². The zero-order valence-electron chi connectivity index (χ0n) is 13.3. The van der Waals surface area contributed by atoms with E-state index in [0.717, 1.165) is 30.2 Å². The van der Waals surface area contributed by atoms with Crippen molar-refractivity contribution in [3.05, 3.63) is 54.1 Å². The number of hydrogen-bond acceptors (Lipinski definition) is 3. The molecule has 0 aliphatic carbocycles. The number of carbonyl (C=O) groups excluding carboxylic acids is 1. The highest BCUT2D eigenvalue weighted by Gasteiger charge is 2.13. The molecule has 0 aliphatic heterocycles. The normalized spacial score (nSPS) is 10.1. The van der Waals surface area contributed by atoms with Gasteiger partial charge in [-0.2, -0.15) is 0 Å². The van der Waals surface area contributed by atoms with E-state index in [0.29, 0.717) is 5.56 Å². The van der Waals surface area contributed by atoms with Crippen LogP contribution < -0.4 is 15.0 Å². The maximum Gasteiger partial charge on any atom is 0.255 e. The Labute approximate surface area is 131 Å². The van der Waals surface area contributed by atoms with Crippen LogP contribution in [0, 0.1) is 0 Å². The maximum absolute atomic E-state index is 12.4. The van der Waals surface area contributed by atoms with Crippen LogP contribution in [0.5, 0.6) is 5.75 Å². The molecule has 22 heavy (non-hydrogen) atoms. The van der Waals surface area contributed by atoms with E-state index in [1.54, 1.807) is 13.2 Å². The van der Waals surface area contributed by atoms with Crippen molar-refractivity contribution in [2.24, 2.45) is 0 Å². The van der Waals surface area contributed by atoms with Gasteiger partial charge in [0.05, 0.1) is 12.8 Å². The fourth-order valence-electron chi connectivity index (χ4n) is 2.37. The Morgan fingerprint density at radius 2 is 1.77 bits per heavy atom. The van der Waals surface area contributed by atoms with Crippen LogP contribution in [0.25, 0.3) is 0 Å². The van der Waals surface area contributed by atoms with Crippen molar-refractivity contribution in [2.45, 2.75) is 13.8 Å². The van der Waals surface area contributed by atoms with E-state index >= 15 is 0 Å². The average molecular weight is 298 g/mol. The number of ether oxygens (including phenoxy) is 1. The molecule has 4 nitrogen and oxygen atoms in total. The second-order valence-electron chi connectivity index (χ2n) is 4.88. The third kappa shape index (κ3) is 3.58. The van der Waals surface area contributed by atoms with Gasteiger partial charge in [0.25, 0.3) is 5.91 Å². The molecule has 0 bridgehead atoms. The van der Waals surface area contributed by atoms with Crippen molar-refractivity contribution < 1.29 is 9.53 Å². The van der Waals surface area contributed by atoms with Gasteiger partial charge >= 0.3 is 0 Å². The Bertz CT molecular complexity index is 622. The molecule has 4 heteroatoms. The van der Waals surface area contributed by atoms with Crippen molar-refractivity contribution >= 4 is 17.3 Å². The standard InChI is InChI=1S/C18H22N2O2/c1-4-20(5-2)16-13-14(11-12-17(16)22-3)18(21)19-15-9-7-6-8-10-15/h6-13H,4-5H2,1-3H3,(H,19,21). The molecular weight excluding hydrogens is 276 g/mol. The van der Waals surface area contributed by atoms with E-state index in [9.17, 15) is 4.79 Å². The minimum absolute atomic E-state index is 0.123. The number of benzene rings is 2. The van der Waals surface area contributed by atoms with Crippen molar-refractivity contribution in [3.8, 4) is 5.75 Å². The van der Waals surface area contributed by atoms with E-state index in [-0.39, 0.29) is 5.91 Å². The molecule has 2 aromatic carbocycles. The molecule has 0 fully saturated rings. The predicted octanol–water partition coefficient (Wildman–Crippen LogP) is 3.79. The van der Waals surface area contributed by atoms with Crippen LogP contribution in [0.4, 0.5) is 11.4 Å². The third-order valence-corrected chi connectivity index (χ3v) is 3.58. The Morgan fingerprint density at radius 3 is 2.36 bits per heavy atom. The fourth-order valence-corrected chi connectivity index (χ4v) is 2.37. The second kappa shape index (κ2) is 7.50. The molecule has 0 saturated heterocycles. The van der Waals surface area contributed by atoms with Crippen LogP contribution in [-0.4, -0.2) is 26.1 Å². The summed E-state index contributed by atoms with van der Waals surface area (Å²) >= 11 is 0. The van der Waals surface area contributed by atoms with Gasteiger partial charge < -0.3 is 15.0 Å². The van der Waals surface area contributed by atoms with Gasteiger partial charge in [-0.3, -0.25) is 4.79 Å². The third-order valence-electron chi connectivity index (χ3n) is 3.58.